The van der Waals surface area contributed by atoms with Gasteiger partial charge in [0.05, 0.1) is 5.97 Å². The average molecular weight is 212 g/mol. The summed E-state index contributed by atoms with van der Waals surface area (Å²) in [5.41, 5.74) is 0.148. The summed E-state index contributed by atoms with van der Waals surface area (Å²) in [6.45, 7) is 0. The van der Waals surface area contributed by atoms with E-state index in [0.29, 0.717) is 0 Å². The van der Waals surface area contributed by atoms with E-state index >= 15 is 0 Å². The van der Waals surface area contributed by atoms with Gasteiger partial charge in [-0.2, -0.15) is 0 Å². The molecule has 0 bridgehead atoms. The van der Waals surface area contributed by atoms with E-state index in [4.69, 9.17) is 5.11 Å². The van der Waals surface area contributed by atoms with Gasteiger partial charge in [0.1, 0.15) is 6.10 Å². The van der Waals surface area contributed by atoms with E-state index in [1.165, 1.54) is 24.3 Å². The Labute approximate surface area is 126 Å². The third kappa shape index (κ3) is 4.79. The standard InChI is InChI=1S/C8H8O4.2Na/c9-6-3-1-5(2-4-6)7(10)8(11)12;;/h1-4,7,9-10H,(H,11,12);;/q;2*+1/p-2. The zero-order valence-corrected chi connectivity index (χ0v) is 12.1. The zero-order chi connectivity index (χ0) is 9.14. The van der Waals surface area contributed by atoms with Crippen LogP contribution in [0.4, 0.5) is 0 Å². The van der Waals surface area contributed by atoms with E-state index in [1.54, 1.807) is 0 Å². The summed E-state index contributed by atoms with van der Waals surface area (Å²) in [6, 6.07) is 4.87. The molecule has 0 amide bonds. The van der Waals surface area contributed by atoms with Gasteiger partial charge < -0.3 is 20.1 Å². The maximum absolute atomic E-state index is 10.6. The molecule has 0 spiro atoms. The number of aliphatic hydroxyl groups is 1. The fourth-order valence-corrected chi connectivity index (χ4v) is 0.786. The summed E-state index contributed by atoms with van der Waals surface area (Å²) in [7, 11) is 0. The van der Waals surface area contributed by atoms with E-state index in [0.717, 1.165) is 0 Å². The molecule has 0 fully saturated rings. The van der Waals surface area contributed by atoms with E-state index in [-0.39, 0.29) is 70.4 Å². The predicted octanol–water partition coefficient (Wildman–Crippen LogP) is -7.45. The first-order chi connectivity index (χ1) is 5.61. The molecular weight excluding hydrogens is 206 g/mol. The Kier molecular flexibility index (Phi) is 9.28. The molecule has 0 aliphatic rings. The van der Waals surface area contributed by atoms with Crippen LogP contribution in [0.3, 0.4) is 0 Å². The van der Waals surface area contributed by atoms with Gasteiger partial charge in [0, 0.05) is 0 Å². The van der Waals surface area contributed by atoms with Crippen molar-refractivity contribution in [2.24, 2.45) is 0 Å². The van der Waals surface area contributed by atoms with Crippen LogP contribution in [0.5, 0.6) is 5.75 Å². The van der Waals surface area contributed by atoms with Gasteiger partial charge in [0.25, 0.3) is 0 Å². The molecule has 1 aromatic rings. The van der Waals surface area contributed by atoms with Crippen LogP contribution in [0.15, 0.2) is 24.3 Å². The van der Waals surface area contributed by atoms with Crippen molar-refractivity contribution >= 4 is 5.97 Å². The Morgan fingerprint density at radius 2 is 1.64 bits per heavy atom. The Morgan fingerprint density at radius 3 is 2.00 bits per heavy atom. The van der Waals surface area contributed by atoms with Crippen molar-refractivity contribution in [2.45, 2.75) is 6.10 Å². The number of rotatable bonds is 2. The second-order valence-corrected chi connectivity index (χ2v) is 2.29. The summed E-state index contributed by atoms with van der Waals surface area (Å²) in [6.07, 6.45) is -1.66. The number of carbonyl (C=O) groups excluding carboxylic acids is 1. The molecule has 0 radical (unpaired) electrons. The minimum Gasteiger partial charge on any atom is -0.872 e. The van der Waals surface area contributed by atoms with Crippen molar-refractivity contribution in [2.75, 3.05) is 0 Å². The van der Waals surface area contributed by atoms with E-state index < -0.39 is 12.1 Å². The molecule has 1 atom stereocenters. The van der Waals surface area contributed by atoms with E-state index in [2.05, 4.69) is 0 Å². The van der Waals surface area contributed by atoms with Crippen molar-refractivity contribution in [3.05, 3.63) is 29.8 Å². The van der Waals surface area contributed by atoms with Gasteiger partial charge in [0.15, 0.2) is 0 Å². The molecule has 0 saturated carbocycles. The first-order valence-corrected chi connectivity index (χ1v) is 3.27. The summed E-state index contributed by atoms with van der Waals surface area (Å²) in [5.74, 6) is -1.81. The van der Waals surface area contributed by atoms with Crippen LogP contribution in [-0.2, 0) is 4.79 Å². The molecular formula is C8H6Na2O4. The molecule has 1 rings (SSSR count). The summed E-state index contributed by atoms with van der Waals surface area (Å²) in [4.78, 5) is 10.1. The van der Waals surface area contributed by atoms with Crippen molar-refractivity contribution in [3.63, 3.8) is 0 Å². The van der Waals surface area contributed by atoms with Crippen molar-refractivity contribution < 1.29 is 79.2 Å². The Bertz CT molecular complexity index is 286. The van der Waals surface area contributed by atoms with Crippen LogP contribution in [0.1, 0.15) is 11.7 Å². The molecule has 6 heteroatoms. The molecule has 1 aromatic carbocycles. The van der Waals surface area contributed by atoms with Crippen LogP contribution in [0, 0.1) is 0 Å². The predicted molar refractivity (Wildman–Crippen MR) is 35.9 cm³/mol. The second-order valence-electron chi connectivity index (χ2n) is 2.29. The minimum atomic E-state index is -1.66. The topological polar surface area (TPSA) is 83.4 Å². The quantitative estimate of drug-likeness (QED) is 0.493. The Morgan fingerprint density at radius 1 is 1.21 bits per heavy atom. The van der Waals surface area contributed by atoms with Crippen LogP contribution < -0.4 is 69.3 Å². The first-order valence-electron chi connectivity index (χ1n) is 3.27. The molecule has 1 unspecified atom stereocenters. The number of hydrogen-bond donors (Lipinski definition) is 1. The van der Waals surface area contributed by atoms with Gasteiger partial charge in [-0.25, -0.2) is 0 Å². The molecule has 4 nitrogen and oxygen atoms in total. The normalized spacial score (nSPS) is 10.6. The van der Waals surface area contributed by atoms with E-state index in [1.807, 2.05) is 0 Å². The molecule has 0 saturated heterocycles. The fraction of sp³-hybridized carbons (Fsp3) is 0.125. The monoisotopic (exact) mass is 212 g/mol. The maximum atomic E-state index is 10.6. The molecule has 0 heterocycles. The molecule has 0 aliphatic heterocycles. The average Bonchev–Trinajstić information content (AvgIpc) is 2.04. The van der Waals surface area contributed by atoms with Crippen LogP contribution in [-0.4, -0.2) is 11.1 Å². The largest absolute Gasteiger partial charge is 1.00 e. The van der Waals surface area contributed by atoms with Crippen LogP contribution >= 0.6 is 0 Å². The number of benzene rings is 1. The number of carboxylic acids is 1. The molecule has 14 heavy (non-hydrogen) atoms. The summed E-state index contributed by atoms with van der Waals surface area (Å²) < 4.78 is 0. The minimum absolute atomic E-state index is 0. The number of aliphatic carboxylic acids is 1. The Balaban J connectivity index is 0. The van der Waals surface area contributed by atoms with Gasteiger partial charge in [-0.05, 0) is 5.56 Å². The zero-order valence-electron chi connectivity index (χ0n) is 8.06. The second kappa shape index (κ2) is 7.70. The Hall–Kier alpha value is 0.450. The first kappa shape index (κ1) is 16.9. The fourth-order valence-electron chi connectivity index (χ4n) is 0.786. The van der Waals surface area contributed by atoms with Crippen LogP contribution in [0.2, 0.25) is 0 Å². The number of hydrogen-bond acceptors (Lipinski definition) is 4. The SMILES string of the molecule is O=C([O-])C(O)c1ccc([O-])cc1.[Na+].[Na+]. The molecule has 0 aromatic heterocycles. The summed E-state index contributed by atoms with van der Waals surface area (Å²) >= 11 is 0. The maximum Gasteiger partial charge on any atom is 1.00 e. The molecule has 64 valence electrons. The molecule has 0 aliphatic carbocycles. The third-order valence-electron chi connectivity index (χ3n) is 1.42. The van der Waals surface area contributed by atoms with Crippen molar-refractivity contribution in [3.8, 4) is 5.75 Å². The van der Waals surface area contributed by atoms with Crippen molar-refractivity contribution in [1.29, 1.82) is 0 Å². The smallest absolute Gasteiger partial charge is 0.872 e. The van der Waals surface area contributed by atoms with Gasteiger partial charge in [0.2, 0.25) is 0 Å². The van der Waals surface area contributed by atoms with Gasteiger partial charge in [-0.1, -0.05) is 24.3 Å². The third-order valence-corrected chi connectivity index (χ3v) is 1.42. The molecule has 1 N–H and O–H groups in total. The van der Waals surface area contributed by atoms with Gasteiger partial charge in [-0.3, -0.25) is 0 Å². The van der Waals surface area contributed by atoms with Crippen LogP contribution in [0.25, 0.3) is 0 Å². The van der Waals surface area contributed by atoms with E-state index in [9.17, 15) is 15.0 Å². The van der Waals surface area contributed by atoms with Crippen molar-refractivity contribution in [1.82, 2.24) is 0 Å². The van der Waals surface area contributed by atoms with Gasteiger partial charge >= 0.3 is 59.1 Å². The van der Waals surface area contributed by atoms with Gasteiger partial charge in [-0.15, -0.1) is 5.75 Å². The summed E-state index contributed by atoms with van der Waals surface area (Å²) in [5, 5.41) is 29.6. The number of aliphatic hydroxyl groups excluding tert-OH is 1. The number of carboxylic acid groups (broad SMARTS) is 1. The number of carbonyl (C=O) groups is 1.